The number of imidazole rings is 1. The zero-order valence-electron chi connectivity index (χ0n) is 11.8. The highest BCUT2D eigenvalue weighted by Crippen LogP contribution is 2.20. The molecule has 108 valence electrons. The second-order valence-corrected chi connectivity index (χ2v) is 4.90. The van der Waals surface area contributed by atoms with Crippen LogP contribution in [-0.4, -0.2) is 45.3 Å². The number of anilines is 2. The number of aromatic nitrogens is 4. The summed E-state index contributed by atoms with van der Waals surface area (Å²) in [4.78, 5) is 23.3. The maximum Gasteiger partial charge on any atom is 0.280 e. The van der Waals surface area contributed by atoms with Crippen LogP contribution in [0, 0.1) is 0 Å². The molecule has 1 aliphatic heterocycles. The van der Waals surface area contributed by atoms with Gasteiger partial charge in [-0.15, -0.1) is 0 Å². The molecule has 0 unspecified atom stereocenters. The van der Waals surface area contributed by atoms with Crippen LogP contribution in [0.3, 0.4) is 0 Å². The Kier molecular flexibility index (Phi) is 3.09. The third-order valence-corrected chi connectivity index (χ3v) is 3.72. The van der Waals surface area contributed by atoms with E-state index in [0.717, 1.165) is 32.1 Å². The van der Waals surface area contributed by atoms with E-state index in [4.69, 9.17) is 5.73 Å². The van der Waals surface area contributed by atoms with Crippen molar-refractivity contribution in [2.24, 2.45) is 7.05 Å². The standard InChI is InChI=1S/C12H19N7O/c1-3-19-8-9(15-11(13)17(2)10(8)20)16-12(19)18-6-4-14-5-7-18/h14H,3-7H2,1-2H3,(H2,13,15). The van der Waals surface area contributed by atoms with Crippen molar-refractivity contribution in [1.29, 1.82) is 0 Å². The summed E-state index contributed by atoms with van der Waals surface area (Å²) in [6.07, 6.45) is 0. The van der Waals surface area contributed by atoms with Crippen LogP contribution in [0.15, 0.2) is 4.79 Å². The summed E-state index contributed by atoms with van der Waals surface area (Å²) in [6, 6.07) is 0. The predicted molar refractivity (Wildman–Crippen MR) is 77.9 cm³/mol. The summed E-state index contributed by atoms with van der Waals surface area (Å²) in [6.45, 7) is 6.26. The number of rotatable bonds is 2. The Morgan fingerprint density at radius 1 is 1.30 bits per heavy atom. The van der Waals surface area contributed by atoms with Gasteiger partial charge in [-0.2, -0.15) is 9.97 Å². The fourth-order valence-electron chi connectivity index (χ4n) is 2.57. The van der Waals surface area contributed by atoms with Gasteiger partial charge < -0.3 is 20.5 Å². The minimum atomic E-state index is -0.150. The van der Waals surface area contributed by atoms with Gasteiger partial charge in [-0.25, -0.2) is 0 Å². The average molecular weight is 277 g/mol. The Labute approximate surface area is 116 Å². The highest BCUT2D eigenvalue weighted by Gasteiger charge is 2.21. The van der Waals surface area contributed by atoms with Gasteiger partial charge in [-0.05, 0) is 6.92 Å². The summed E-state index contributed by atoms with van der Waals surface area (Å²) in [5.74, 6) is 0.995. The molecule has 0 saturated carbocycles. The zero-order chi connectivity index (χ0) is 14.3. The van der Waals surface area contributed by atoms with E-state index in [0.29, 0.717) is 17.7 Å². The minimum absolute atomic E-state index is 0.150. The second kappa shape index (κ2) is 4.78. The smallest absolute Gasteiger partial charge is 0.280 e. The van der Waals surface area contributed by atoms with Crippen LogP contribution in [-0.2, 0) is 13.6 Å². The number of hydrogen-bond donors (Lipinski definition) is 2. The number of fused-ring (bicyclic) bond motifs is 1. The number of nitrogen functional groups attached to an aromatic ring is 1. The highest BCUT2D eigenvalue weighted by atomic mass is 16.1. The Hall–Kier alpha value is -2.09. The molecule has 2 aromatic heterocycles. The van der Waals surface area contributed by atoms with Crippen LogP contribution in [0.4, 0.5) is 11.9 Å². The molecule has 8 heteroatoms. The van der Waals surface area contributed by atoms with Crippen molar-refractivity contribution in [3.8, 4) is 0 Å². The molecular weight excluding hydrogens is 258 g/mol. The largest absolute Gasteiger partial charge is 0.369 e. The van der Waals surface area contributed by atoms with Crippen LogP contribution in [0.25, 0.3) is 11.2 Å². The lowest BCUT2D eigenvalue weighted by atomic mass is 10.4. The maximum absolute atomic E-state index is 12.4. The summed E-state index contributed by atoms with van der Waals surface area (Å²) >= 11 is 0. The molecule has 0 aromatic carbocycles. The van der Waals surface area contributed by atoms with E-state index in [9.17, 15) is 4.79 Å². The fraction of sp³-hybridized carbons (Fsp3) is 0.583. The lowest BCUT2D eigenvalue weighted by molar-refractivity contribution is 0.569. The van der Waals surface area contributed by atoms with E-state index >= 15 is 0 Å². The van der Waals surface area contributed by atoms with Gasteiger partial charge >= 0.3 is 0 Å². The van der Waals surface area contributed by atoms with Gasteiger partial charge in [0.2, 0.25) is 11.9 Å². The zero-order valence-corrected chi connectivity index (χ0v) is 11.8. The molecular formula is C12H19N7O. The van der Waals surface area contributed by atoms with E-state index in [1.165, 1.54) is 4.57 Å². The van der Waals surface area contributed by atoms with Gasteiger partial charge in [0.15, 0.2) is 11.2 Å². The predicted octanol–water partition coefficient (Wildman–Crippen LogP) is -0.858. The van der Waals surface area contributed by atoms with E-state index in [1.807, 2.05) is 11.5 Å². The summed E-state index contributed by atoms with van der Waals surface area (Å²) in [7, 11) is 1.63. The Morgan fingerprint density at radius 2 is 2.00 bits per heavy atom. The number of nitrogens with one attached hydrogen (secondary N) is 1. The van der Waals surface area contributed by atoms with E-state index in [-0.39, 0.29) is 11.5 Å². The molecule has 0 bridgehead atoms. The first kappa shape index (κ1) is 12.9. The first-order valence-electron chi connectivity index (χ1n) is 6.82. The average Bonchev–Trinajstić information content (AvgIpc) is 2.84. The molecule has 1 saturated heterocycles. The van der Waals surface area contributed by atoms with Gasteiger partial charge in [0.25, 0.3) is 5.56 Å². The molecule has 0 amide bonds. The van der Waals surface area contributed by atoms with Crippen molar-refractivity contribution in [2.75, 3.05) is 36.8 Å². The fourth-order valence-corrected chi connectivity index (χ4v) is 2.57. The number of aryl methyl sites for hydroxylation is 1. The van der Waals surface area contributed by atoms with E-state index in [1.54, 1.807) is 7.05 Å². The number of nitrogens with two attached hydrogens (primary N) is 1. The third kappa shape index (κ3) is 1.83. The van der Waals surface area contributed by atoms with E-state index < -0.39 is 0 Å². The SMILES string of the molecule is CCn1c(N2CCNCC2)nc2nc(N)n(C)c(=O)c21. The molecule has 0 spiro atoms. The summed E-state index contributed by atoms with van der Waals surface area (Å²) < 4.78 is 3.28. The molecule has 8 nitrogen and oxygen atoms in total. The molecule has 3 heterocycles. The van der Waals surface area contributed by atoms with Gasteiger partial charge in [0.05, 0.1) is 0 Å². The normalized spacial score (nSPS) is 16.0. The number of piperazine rings is 1. The molecule has 3 rings (SSSR count). The van der Waals surface area contributed by atoms with Gasteiger partial charge in [0.1, 0.15) is 0 Å². The van der Waals surface area contributed by atoms with Crippen LogP contribution in [0.5, 0.6) is 0 Å². The van der Waals surface area contributed by atoms with Crippen molar-refractivity contribution in [3.63, 3.8) is 0 Å². The quantitative estimate of drug-likeness (QED) is 0.742. The maximum atomic E-state index is 12.4. The van der Waals surface area contributed by atoms with Crippen LogP contribution < -0.4 is 21.5 Å². The number of nitrogens with zero attached hydrogens (tertiary/aromatic N) is 5. The molecule has 0 aliphatic carbocycles. The first-order chi connectivity index (χ1) is 9.63. The molecule has 0 atom stereocenters. The van der Waals surface area contributed by atoms with Gasteiger partial charge in [-0.3, -0.25) is 9.36 Å². The van der Waals surface area contributed by atoms with Crippen LogP contribution in [0.1, 0.15) is 6.92 Å². The van der Waals surface area contributed by atoms with Crippen molar-refractivity contribution in [1.82, 2.24) is 24.4 Å². The Bertz CT molecular complexity index is 696. The summed E-state index contributed by atoms with van der Waals surface area (Å²) in [5.41, 5.74) is 6.55. The number of hydrogen-bond acceptors (Lipinski definition) is 6. The topological polar surface area (TPSA) is 94.0 Å². The van der Waals surface area contributed by atoms with Crippen molar-refractivity contribution in [2.45, 2.75) is 13.5 Å². The van der Waals surface area contributed by atoms with Gasteiger partial charge in [-0.1, -0.05) is 0 Å². The minimum Gasteiger partial charge on any atom is -0.369 e. The molecule has 1 fully saturated rings. The van der Waals surface area contributed by atoms with E-state index in [2.05, 4.69) is 20.2 Å². The highest BCUT2D eigenvalue weighted by molar-refractivity contribution is 5.75. The Morgan fingerprint density at radius 3 is 2.65 bits per heavy atom. The van der Waals surface area contributed by atoms with Crippen molar-refractivity contribution in [3.05, 3.63) is 10.4 Å². The lowest BCUT2D eigenvalue weighted by Crippen LogP contribution is -2.44. The second-order valence-electron chi connectivity index (χ2n) is 4.90. The van der Waals surface area contributed by atoms with Crippen LogP contribution in [0.2, 0.25) is 0 Å². The van der Waals surface area contributed by atoms with Crippen molar-refractivity contribution < 1.29 is 0 Å². The molecule has 3 N–H and O–H groups in total. The Balaban J connectivity index is 2.23. The molecule has 1 aliphatic rings. The first-order valence-corrected chi connectivity index (χ1v) is 6.82. The summed E-state index contributed by atoms with van der Waals surface area (Å²) in [5, 5.41) is 3.31. The van der Waals surface area contributed by atoms with Crippen LogP contribution >= 0.6 is 0 Å². The monoisotopic (exact) mass is 277 g/mol. The third-order valence-electron chi connectivity index (χ3n) is 3.72. The van der Waals surface area contributed by atoms with Gasteiger partial charge in [0, 0.05) is 39.8 Å². The lowest BCUT2D eigenvalue weighted by Gasteiger charge is -2.28. The molecule has 20 heavy (non-hydrogen) atoms. The van der Waals surface area contributed by atoms with Crippen molar-refractivity contribution >= 4 is 23.1 Å². The molecule has 0 radical (unpaired) electrons. The molecule has 2 aromatic rings.